The van der Waals surface area contributed by atoms with Crippen LogP contribution in [0.3, 0.4) is 0 Å². The summed E-state index contributed by atoms with van der Waals surface area (Å²) >= 11 is 0. The van der Waals surface area contributed by atoms with Gasteiger partial charge in [0.25, 0.3) is 0 Å². The van der Waals surface area contributed by atoms with E-state index in [2.05, 4.69) is 0 Å². The minimum atomic E-state index is -0.162. The number of carbonyl (C=O) groups is 1. The second-order valence-electron chi connectivity index (χ2n) is 7.12. The Morgan fingerprint density at radius 1 is 1.16 bits per heavy atom. The molecule has 0 bridgehead atoms. The number of ether oxygens (including phenoxy) is 2. The van der Waals surface area contributed by atoms with E-state index in [1.54, 1.807) is 0 Å². The standard InChI is InChI=1S/C20H29NO4/c1-3-24-16-6-5-15(13-17(16)25-4-2)14-19(23)21-11-9-20(10-12-21)8-7-18(20)22/h5-6,13,18,22H,3-4,7-12,14H2,1-2H3. The number of hydrogen-bond acceptors (Lipinski definition) is 4. The van der Waals surface area contributed by atoms with Gasteiger partial charge < -0.3 is 19.5 Å². The maximum Gasteiger partial charge on any atom is 0.226 e. The van der Waals surface area contributed by atoms with Crippen LogP contribution in [0, 0.1) is 5.41 Å². The molecule has 138 valence electrons. The second kappa shape index (κ2) is 7.65. The third kappa shape index (κ3) is 3.76. The highest BCUT2D eigenvalue weighted by atomic mass is 16.5. The predicted octanol–water partition coefficient (Wildman–Crippen LogP) is 2.79. The molecule has 0 radical (unpaired) electrons. The number of benzene rings is 1. The molecule has 5 nitrogen and oxygen atoms in total. The topological polar surface area (TPSA) is 59.0 Å². The minimum absolute atomic E-state index is 0.0953. The van der Waals surface area contributed by atoms with Crippen molar-refractivity contribution in [1.29, 1.82) is 0 Å². The number of aliphatic hydroxyl groups excluding tert-OH is 1. The van der Waals surface area contributed by atoms with Crippen molar-refractivity contribution in [2.24, 2.45) is 5.41 Å². The van der Waals surface area contributed by atoms with Gasteiger partial charge in [-0.05, 0) is 62.6 Å². The fourth-order valence-electron chi connectivity index (χ4n) is 3.96. The predicted molar refractivity (Wildman–Crippen MR) is 96.0 cm³/mol. The van der Waals surface area contributed by atoms with Crippen LogP contribution in [0.1, 0.15) is 45.1 Å². The van der Waals surface area contributed by atoms with Crippen molar-refractivity contribution in [2.45, 2.75) is 52.1 Å². The maximum absolute atomic E-state index is 12.6. The van der Waals surface area contributed by atoms with Crippen molar-refractivity contribution < 1.29 is 19.4 Å². The van der Waals surface area contributed by atoms with Gasteiger partial charge in [-0.3, -0.25) is 4.79 Å². The molecule has 1 aliphatic carbocycles. The third-order valence-corrected chi connectivity index (χ3v) is 5.70. The highest BCUT2D eigenvalue weighted by Gasteiger charge is 2.47. The molecule has 1 aromatic rings. The molecule has 25 heavy (non-hydrogen) atoms. The molecule has 1 heterocycles. The number of rotatable bonds is 6. The van der Waals surface area contributed by atoms with Gasteiger partial charge in [-0.25, -0.2) is 0 Å². The number of aliphatic hydroxyl groups is 1. The molecule has 1 spiro atoms. The van der Waals surface area contributed by atoms with Gasteiger partial charge in [0.15, 0.2) is 11.5 Å². The van der Waals surface area contributed by atoms with Gasteiger partial charge >= 0.3 is 0 Å². The van der Waals surface area contributed by atoms with Gasteiger partial charge in [0.1, 0.15) is 0 Å². The van der Waals surface area contributed by atoms with Crippen LogP contribution in [-0.2, 0) is 11.2 Å². The summed E-state index contributed by atoms with van der Waals surface area (Å²) in [6.45, 7) is 6.53. The molecule has 1 amide bonds. The molecular weight excluding hydrogens is 318 g/mol. The Bertz CT molecular complexity index is 608. The average molecular weight is 347 g/mol. The summed E-state index contributed by atoms with van der Waals surface area (Å²) in [5, 5.41) is 10.0. The molecule has 1 saturated heterocycles. The van der Waals surface area contributed by atoms with Crippen LogP contribution in [0.25, 0.3) is 0 Å². The van der Waals surface area contributed by atoms with Crippen LogP contribution < -0.4 is 9.47 Å². The lowest BCUT2D eigenvalue weighted by Gasteiger charge is -2.51. The molecule has 3 rings (SSSR count). The van der Waals surface area contributed by atoms with Gasteiger partial charge in [-0.1, -0.05) is 6.07 Å². The minimum Gasteiger partial charge on any atom is -0.490 e. The molecule has 1 aromatic carbocycles. The van der Waals surface area contributed by atoms with Gasteiger partial charge in [0.05, 0.1) is 25.7 Å². The van der Waals surface area contributed by atoms with Gasteiger partial charge in [0.2, 0.25) is 5.91 Å². The van der Waals surface area contributed by atoms with E-state index in [1.165, 1.54) is 0 Å². The van der Waals surface area contributed by atoms with E-state index in [9.17, 15) is 9.90 Å². The number of likely N-dealkylation sites (tertiary alicyclic amines) is 1. The summed E-state index contributed by atoms with van der Waals surface area (Å²) in [5.74, 6) is 1.57. The summed E-state index contributed by atoms with van der Waals surface area (Å²) in [5.41, 5.74) is 1.04. The van der Waals surface area contributed by atoms with Crippen LogP contribution >= 0.6 is 0 Å². The first kappa shape index (κ1) is 18.1. The number of nitrogens with zero attached hydrogens (tertiary/aromatic N) is 1. The Morgan fingerprint density at radius 2 is 1.84 bits per heavy atom. The average Bonchev–Trinajstić information content (AvgIpc) is 2.63. The first-order chi connectivity index (χ1) is 12.1. The van der Waals surface area contributed by atoms with E-state index >= 15 is 0 Å². The van der Waals surface area contributed by atoms with Gasteiger partial charge in [-0.15, -0.1) is 0 Å². The van der Waals surface area contributed by atoms with Gasteiger partial charge in [0, 0.05) is 13.1 Å². The molecular formula is C20H29NO4. The highest BCUT2D eigenvalue weighted by molar-refractivity contribution is 5.79. The lowest BCUT2D eigenvalue weighted by atomic mass is 9.61. The summed E-state index contributed by atoms with van der Waals surface area (Å²) < 4.78 is 11.2. The van der Waals surface area contributed by atoms with Crippen LogP contribution in [-0.4, -0.2) is 48.3 Å². The van der Waals surface area contributed by atoms with E-state index in [1.807, 2.05) is 36.9 Å². The van der Waals surface area contributed by atoms with Crippen molar-refractivity contribution in [3.05, 3.63) is 23.8 Å². The van der Waals surface area contributed by atoms with Crippen LogP contribution in [0.4, 0.5) is 0 Å². The second-order valence-corrected chi connectivity index (χ2v) is 7.12. The quantitative estimate of drug-likeness (QED) is 0.860. The summed E-state index contributed by atoms with van der Waals surface area (Å²) in [6, 6.07) is 5.73. The largest absolute Gasteiger partial charge is 0.490 e. The molecule has 5 heteroatoms. The Morgan fingerprint density at radius 3 is 2.40 bits per heavy atom. The zero-order valence-corrected chi connectivity index (χ0v) is 15.3. The fraction of sp³-hybridized carbons (Fsp3) is 0.650. The molecule has 0 aromatic heterocycles. The van der Waals surface area contributed by atoms with Crippen molar-refractivity contribution in [2.75, 3.05) is 26.3 Å². The molecule has 1 unspecified atom stereocenters. The molecule has 2 aliphatic rings. The Balaban J connectivity index is 1.60. The van der Waals surface area contributed by atoms with E-state index < -0.39 is 0 Å². The molecule has 1 N–H and O–H groups in total. The zero-order valence-electron chi connectivity index (χ0n) is 15.3. The van der Waals surface area contributed by atoms with Crippen molar-refractivity contribution in [1.82, 2.24) is 4.90 Å². The van der Waals surface area contributed by atoms with E-state index in [0.717, 1.165) is 50.1 Å². The molecule has 2 fully saturated rings. The van der Waals surface area contributed by atoms with Crippen LogP contribution in [0.5, 0.6) is 11.5 Å². The smallest absolute Gasteiger partial charge is 0.226 e. The number of amides is 1. The number of piperidine rings is 1. The van der Waals surface area contributed by atoms with Crippen LogP contribution in [0.2, 0.25) is 0 Å². The Hall–Kier alpha value is -1.75. The van der Waals surface area contributed by atoms with Crippen molar-refractivity contribution in [3.63, 3.8) is 0 Å². The number of hydrogen-bond donors (Lipinski definition) is 1. The molecule has 1 atom stereocenters. The third-order valence-electron chi connectivity index (χ3n) is 5.70. The Kier molecular flexibility index (Phi) is 5.52. The van der Waals surface area contributed by atoms with E-state index in [4.69, 9.17) is 9.47 Å². The monoisotopic (exact) mass is 347 g/mol. The van der Waals surface area contributed by atoms with E-state index in [0.29, 0.717) is 25.4 Å². The van der Waals surface area contributed by atoms with Crippen LogP contribution in [0.15, 0.2) is 18.2 Å². The first-order valence-electron chi connectivity index (χ1n) is 9.42. The summed E-state index contributed by atoms with van der Waals surface area (Å²) in [7, 11) is 0. The lowest BCUT2D eigenvalue weighted by molar-refractivity contribution is -0.140. The highest BCUT2D eigenvalue weighted by Crippen LogP contribution is 2.49. The Labute approximate surface area is 149 Å². The lowest BCUT2D eigenvalue weighted by Crippen LogP contribution is -2.53. The first-order valence-corrected chi connectivity index (χ1v) is 9.42. The van der Waals surface area contributed by atoms with Crippen molar-refractivity contribution in [3.8, 4) is 11.5 Å². The fourth-order valence-corrected chi connectivity index (χ4v) is 3.96. The normalized spacial score (nSPS) is 21.7. The zero-order chi connectivity index (χ0) is 17.9. The molecule has 1 saturated carbocycles. The maximum atomic E-state index is 12.6. The summed E-state index contributed by atoms with van der Waals surface area (Å²) in [4.78, 5) is 14.6. The SMILES string of the molecule is CCOc1ccc(CC(=O)N2CCC3(CCC3O)CC2)cc1OCC. The van der Waals surface area contributed by atoms with E-state index in [-0.39, 0.29) is 17.4 Å². The summed E-state index contributed by atoms with van der Waals surface area (Å²) in [6.07, 6.45) is 4.08. The number of carbonyl (C=O) groups excluding carboxylic acids is 1. The molecule has 1 aliphatic heterocycles. The van der Waals surface area contributed by atoms with Gasteiger partial charge in [-0.2, -0.15) is 0 Å². The van der Waals surface area contributed by atoms with Crippen molar-refractivity contribution >= 4 is 5.91 Å².